The second-order valence-corrected chi connectivity index (χ2v) is 6.29. The van der Waals surface area contributed by atoms with Gasteiger partial charge in [0.2, 0.25) is 6.79 Å². The van der Waals surface area contributed by atoms with Gasteiger partial charge in [0.15, 0.2) is 11.5 Å². The quantitative estimate of drug-likeness (QED) is 0.614. The third-order valence-electron chi connectivity index (χ3n) is 3.89. The molecule has 0 atom stereocenters. The maximum Gasteiger partial charge on any atom is 0.338 e. The number of rotatable bonds is 3. The van der Waals surface area contributed by atoms with Crippen LogP contribution in [0.5, 0.6) is 11.5 Å². The first-order valence-electron chi connectivity index (χ1n) is 7.45. The van der Waals surface area contributed by atoms with Crippen LogP contribution in [-0.4, -0.2) is 12.8 Å². The molecule has 0 radical (unpaired) electrons. The summed E-state index contributed by atoms with van der Waals surface area (Å²) in [4.78, 5) is 12.3. The van der Waals surface area contributed by atoms with Crippen LogP contribution in [0.2, 0.25) is 0 Å². The zero-order valence-electron chi connectivity index (χ0n) is 12.6. The number of hydrogen-bond acceptors (Lipinski definition) is 4. The predicted molar refractivity (Wildman–Crippen MR) is 93.3 cm³/mol. The summed E-state index contributed by atoms with van der Waals surface area (Å²) in [6.45, 7) is 0.366. The van der Waals surface area contributed by atoms with Gasteiger partial charge in [-0.15, -0.1) is 0 Å². The van der Waals surface area contributed by atoms with Gasteiger partial charge in [-0.25, -0.2) is 4.79 Å². The molecule has 0 saturated carbocycles. The fourth-order valence-electron chi connectivity index (χ4n) is 2.61. The number of ether oxygens (including phenoxy) is 3. The van der Waals surface area contributed by atoms with Crippen molar-refractivity contribution in [1.29, 1.82) is 0 Å². The van der Waals surface area contributed by atoms with Crippen molar-refractivity contribution in [3.8, 4) is 11.5 Å². The molecule has 3 aromatic rings. The minimum absolute atomic E-state index is 0.156. The van der Waals surface area contributed by atoms with E-state index in [2.05, 4.69) is 15.9 Å². The standard InChI is InChI=1S/C19H13BrO4/c20-16-9-18-17(23-11-24-18)8-15(16)10-22-19(21)14-6-5-12-3-1-2-4-13(12)7-14/h1-9H,10-11H2. The maximum absolute atomic E-state index is 12.3. The van der Waals surface area contributed by atoms with E-state index in [1.54, 1.807) is 6.07 Å². The highest BCUT2D eigenvalue weighted by molar-refractivity contribution is 9.10. The molecule has 0 N–H and O–H groups in total. The monoisotopic (exact) mass is 384 g/mol. The van der Waals surface area contributed by atoms with Crippen molar-refractivity contribution in [3.63, 3.8) is 0 Å². The van der Waals surface area contributed by atoms with Crippen LogP contribution in [0.15, 0.2) is 59.1 Å². The van der Waals surface area contributed by atoms with Gasteiger partial charge in [0.1, 0.15) is 6.61 Å². The van der Waals surface area contributed by atoms with Crippen LogP contribution in [0.4, 0.5) is 0 Å². The Morgan fingerprint density at radius 3 is 2.58 bits per heavy atom. The molecular weight excluding hydrogens is 372 g/mol. The number of fused-ring (bicyclic) bond motifs is 2. The second kappa shape index (κ2) is 6.17. The molecule has 0 saturated heterocycles. The van der Waals surface area contributed by atoms with Gasteiger partial charge in [0.05, 0.1) is 5.56 Å². The Morgan fingerprint density at radius 1 is 1.00 bits per heavy atom. The molecule has 1 heterocycles. The van der Waals surface area contributed by atoms with Gasteiger partial charge in [-0.2, -0.15) is 0 Å². The molecule has 0 amide bonds. The number of halogens is 1. The Kier molecular flexibility index (Phi) is 3.86. The van der Waals surface area contributed by atoms with Crippen LogP contribution in [-0.2, 0) is 11.3 Å². The Bertz CT molecular complexity index is 936. The van der Waals surface area contributed by atoms with Crippen molar-refractivity contribution in [3.05, 3.63) is 70.2 Å². The van der Waals surface area contributed by atoms with Crippen LogP contribution in [0.25, 0.3) is 10.8 Å². The zero-order chi connectivity index (χ0) is 16.5. The van der Waals surface area contributed by atoms with Crippen molar-refractivity contribution < 1.29 is 19.0 Å². The first-order chi connectivity index (χ1) is 11.7. The number of carbonyl (C=O) groups is 1. The van der Waals surface area contributed by atoms with Crippen LogP contribution in [0.3, 0.4) is 0 Å². The molecule has 3 aromatic carbocycles. The lowest BCUT2D eigenvalue weighted by atomic mass is 10.1. The smallest absolute Gasteiger partial charge is 0.338 e. The molecule has 0 aliphatic carbocycles. The zero-order valence-corrected chi connectivity index (χ0v) is 14.2. The minimum Gasteiger partial charge on any atom is -0.457 e. The summed E-state index contributed by atoms with van der Waals surface area (Å²) in [6, 6.07) is 17.1. The first kappa shape index (κ1) is 15.0. The van der Waals surface area contributed by atoms with E-state index in [9.17, 15) is 4.79 Å². The highest BCUT2D eigenvalue weighted by Crippen LogP contribution is 2.37. The lowest BCUT2D eigenvalue weighted by Crippen LogP contribution is -2.05. The summed E-state index contributed by atoms with van der Waals surface area (Å²) in [5, 5.41) is 2.10. The molecule has 0 unspecified atom stereocenters. The lowest BCUT2D eigenvalue weighted by molar-refractivity contribution is 0.0472. The van der Waals surface area contributed by atoms with Gasteiger partial charge in [-0.1, -0.05) is 46.3 Å². The molecule has 0 fully saturated rings. The average molecular weight is 385 g/mol. The molecule has 1 aliphatic rings. The van der Waals surface area contributed by atoms with Crippen LogP contribution in [0.1, 0.15) is 15.9 Å². The first-order valence-corrected chi connectivity index (χ1v) is 8.24. The summed E-state index contributed by atoms with van der Waals surface area (Å²) in [5.74, 6) is 0.992. The van der Waals surface area contributed by atoms with Crippen molar-refractivity contribution in [2.45, 2.75) is 6.61 Å². The Balaban J connectivity index is 1.52. The SMILES string of the molecule is O=C(OCc1cc2c(cc1Br)OCO2)c1ccc2ccccc2c1. The van der Waals surface area contributed by atoms with Gasteiger partial charge in [0, 0.05) is 10.0 Å². The van der Waals surface area contributed by atoms with E-state index in [1.807, 2.05) is 48.5 Å². The molecule has 24 heavy (non-hydrogen) atoms. The van der Waals surface area contributed by atoms with Crippen molar-refractivity contribution >= 4 is 32.7 Å². The van der Waals surface area contributed by atoms with Gasteiger partial charge >= 0.3 is 5.97 Å². The van der Waals surface area contributed by atoms with Gasteiger partial charge in [-0.3, -0.25) is 0 Å². The number of esters is 1. The highest BCUT2D eigenvalue weighted by atomic mass is 79.9. The summed E-state index contributed by atoms with van der Waals surface area (Å²) in [5.41, 5.74) is 1.36. The van der Waals surface area contributed by atoms with E-state index < -0.39 is 0 Å². The fraction of sp³-hybridized carbons (Fsp3) is 0.105. The summed E-state index contributed by atoms with van der Waals surface area (Å²) in [6.07, 6.45) is 0. The second-order valence-electron chi connectivity index (χ2n) is 5.43. The van der Waals surface area contributed by atoms with Crippen molar-refractivity contribution in [1.82, 2.24) is 0 Å². The molecule has 0 bridgehead atoms. The average Bonchev–Trinajstić information content (AvgIpc) is 3.06. The highest BCUT2D eigenvalue weighted by Gasteiger charge is 2.17. The van der Waals surface area contributed by atoms with E-state index in [-0.39, 0.29) is 19.4 Å². The third kappa shape index (κ3) is 2.83. The Morgan fingerprint density at radius 2 is 1.75 bits per heavy atom. The van der Waals surface area contributed by atoms with Crippen LogP contribution < -0.4 is 9.47 Å². The summed E-state index contributed by atoms with van der Waals surface area (Å²) < 4.78 is 16.9. The van der Waals surface area contributed by atoms with E-state index in [1.165, 1.54) is 0 Å². The van der Waals surface area contributed by atoms with Crippen molar-refractivity contribution in [2.24, 2.45) is 0 Å². The lowest BCUT2D eigenvalue weighted by Gasteiger charge is -2.08. The minimum atomic E-state index is -0.356. The van der Waals surface area contributed by atoms with E-state index >= 15 is 0 Å². The van der Waals surface area contributed by atoms with Crippen LogP contribution >= 0.6 is 15.9 Å². The van der Waals surface area contributed by atoms with E-state index in [0.29, 0.717) is 17.1 Å². The number of hydrogen-bond donors (Lipinski definition) is 0. The fourth-order valence-corrected chi connectivity index (χ4v) is 3.05. The Hall–Kier alpha value is -2.53. The molecule has 4 rings (SSSR count). The summed E-state index contributed by atoms with van der Waals surface area (Å²) >= 11 is 3.46. The van der Waals surface area contributed by atoms with Crippen molar-refractivity contribution in [2.75, 3.05) is 6.79 Å². The molecule has 5 heteroatoms. The number of carbonyl (C=O) groups excluding carboxylic acids is 1. The molecular formula is C19H13BrO4. The summed E-state index contributed by atoms with van der Waals surface area (Å²) in [7, 11) is 0. The predicted octanol–water partition coefficient (Wildman–Crippen LogP) is 4.69. The topological polar surface area (TPSA) is 44.8 Å². The van der Waals surface area contributed by atoms with Gasteiger partial charge < -0.3 is 14.2 Å². The maximum atomic E-state index is 12.3. The third-order valence-corrected chi connectivity index (χ3v) is 4.62. The largest absolute Gasteiger partial charge is 0.457 e. The van der Waals surface area contributed by atoms with Gasteiger partial charge in [0.25, 0.3) is 0 Å². The molecule has 120 valence electrons. The number of benzene rings is 3. The van der Waals surface area contributed by atoms with E-state index in [0.717, 1.165) is 20.8 Å². The van der Waals surface area contributed by atoms with E-state index in [4.69, 9.17) is 14.2 Å². The van der Waals surface area contributed by atoms with Gasteiger partial charge in [-0.05, 0) is 35.0 Å². The molecule has 0 spiro atoms. The molecule has 0 aromatic heterocycles. The van der Waals surface area contributed by atoms with Crippen LogP contribution in [0, 0.1) is 0 Å². The normalized spacial score (nSPS) is 12.4. The molecule has 4 nitrogen and oxygen atoms in total. The molecule has 1 aliphatic heterocycles. The Labute approximate surface area is 147 Å².